The van der Waals surface area contributed by atoms with Gasteiger partial charge in [0.05, 0.1) is 0 Å². The van der Waals surface area contributed by atoms with Crippen molar-refractivity contribution < 1.29 is 4.79 Å². The zero-order chi connectivity index (χ0) is 21.2. The molecule has 0 spiro atoms. The van der Waals surface area contributed by atoms with Crippen LogP contribution >= 0.6 is 12.4 Å². The number of halogens is 1. The number of carbonyl (C=O) groups is 1. The van der Waals surface area contributed by atoms with Gasteiger partial charge in [0.25, 0.3) is 0 Å². The Hall–Kier alpha value is -1.06. The lowest BCUT2D eigenvalue weighted by Gasteiger charge is -2.46. The van der Waals surface area contributed by atoms with Crippen molar-refractivity contribution in [1.29, 1.82) is 0 Å². The molecule has 1 saturated carbocycles. The summed E-state index contributed by atoms with van der Waals surface area (Å²) in [6, 6.07) is 6.53. The van der Waals surface area contributed by atoms with Crippen LogP contribution in [0, 0.1) is 10.8 Å². The zero-order valence-corrected chi connectivity index (χ0v) is 20.9. The van der Waals surface area contributed by atoms with Crippen molar-refractivity contribution in [2.45, 2.75) is 79.6 Å². The number of hydrogen-bond donors (Lipinski definition) is 0. The first-order valence-corrected chi connectivity index (χ1v) is 11.7. The van der Waals surface area contributed by atoms with Crippen LogP contribution in [0.4, 0.5) is 5.69 Å². The number of carbonyl (C=O) groups excluding carboxylic acids is 1. The van der Waals surface area contributed by atoms with Crippen LogP contribution in [0.5, 0.6) is 0 Å². The second kappa shape index (κ2) is 10.0. The highest BCUT2D eigenvalue weighted by Crippen LogP contribution is 2.53. The minimum atomic E-state index is 0. The minimum absolute atomic E-state index is 0. The molecule has 170 valence electrons. The number of unbranched alkanes of at least 4 members (excludes halogenated alkanes) is 1. The molecule has 2 aliphatic rings. The van der Waals surface area contributed by atoms with Gasteiger partial charge >= 0.3 is 0 Å². The third kappa shape index (κ3) is 6.23. The molecule has 1 saturated heterocycles. The van der Waals surface area contributed by atoms with Gasteiger partial charge in [-0.3, -0.25) is 9.69 Å². The minimum Gasteiger partial charge on any atom is -0.369 e. The van der Waals surface area contributed by atoms with E-state index in [4.69, 9.17) is 0 Å². The fourth-order valence-electron chi connectivity index (χ4n) is 6.04. The summed E-state index contributed by atoms with van der Waals surface area (Å²) in [4.78, 5) is 17.3. The molecule has 0 unspecified atom stereocenters. The van der Waals surface area contributed by atoms with Crippen LogP contribution < -0.4 is 4.90 Å². The van der Waals surface area contributed by atoms with Crippen LogP contribution in [-0.4, -0.2) is 43.4 Å². The first kappa shape index (κ1) is 25.2. The lowest BCUT2D eigenvalue weighted by atomic mass is 9.60. The molecule has 3 rings (SSSR count). The molecule has 0 amide bonds. The number of anilines is 1. The number of rotatable bonds is 6. The molecule has 2 fully saturated rings. The van der Waals surface area contributed by atoms with Gasteiger partial charge in [-0.1, -0.05) is 53.2 Å². The highest BCUT2D eigenvalue weighted by Gasteiger charge is 2.40. The Bertz CT molecular complexity index is 704. The van der Waals surface area contributed by atoms with Crippen molar-refractivity contribution in [2.24, 2.45) is 10.8 Å². The van der Waals surface area contributed by atoms with Crippen molar-refractivity contribution >= 4 is 23.9 Å². The molecule has 3 nitrogen and oxygen atoms in total. The van der Waals surface area contributed by atoms with E-state index in [-0.39, 0.29) is 18.2 Å². The van der Waals surface area contributed by atoms with Gasteiger partial charge in [-0.05, 0) is 67.5 Å². The summed E-state index contributed by atoms with van der Waals surface area (Å²) in [7, 11) is 0. The van der Waals surface area contributed by atoms with Crippen molar-refractivity contribution in [3.63, 3.8) is 0 Å². The van der Waals surface area contributed by atoms with Gasteiger partial charge in [0, 0.05) is 37.4 Å². The van der Waals surface area contributed by atoms with Crippen molar-refractivity contribution in [3.05, 3.63) is 29.3 Å². The molecule has 30 heavy (non-hydrogen) atoms. The van der Waals surface area contributed by atoms with Crippen molar-refractivity contribution in [1.82, 2.24) is 4.90 Å². The Kier molecular flexibility index (Phi) is 8.43. The predicted molar refractivity (Wildman–Crippen MR) is 131 cm³/mol. The number of piperazine rings is 1. The van der Waals surface area contributed by atoms with Gasteiger partial charge in [-0.25, -0.2) is 0 Å². The van der Waals surface area contributed by atoms with E-state index < -0.39 is 0 Å². The maximum absolute atomic E-state index is 12.1. The molecule has 0 N–H and O–H groups in total. The molecule has 1 aromatic carbocycles. The van der Waals surface area contributed by atoms with E-state index in [9.17, 15) is 4.79 Å². The molecule has 0 bridgehead atoms. The summed E-state index contributed by atoms with van der Waals surface area (Å²) in [5.41, 5.74) is 4.37. The first-order valence-electron chi connectivity index (χ1n) is 11.7. The Balaban J connectivity index is 0.00000320. The third-order valence-corrected chi connectivity index (χ3v) is 6.97. The Morgan fingerprint density at radius 3 is 2.17 bits per heavy atom. The quantitative estimate of drug-likeness (QED) is 0.474. The molecule has 0 radical (unpaired) electrons. The molecule has 0 aromatic heterocycles. The molecule has 0 atom stereocenters. The molecular formula is C26H43ClN2O. The molecular weight excluding hydrogens is 392 g/mol. The van der Waals surface area contributed by atoms with E-state index in [1.807, 2.05) is 0 Å². The van der Waals surface area contributed by atoms with Gasteiger partial charge < -0.3 is 4.90 Å². The predicted octanol–water partition coefficient (Wildman–Crippen LogP) is 6.55. The van der Waals surface area contributed by atoms with E-state index in [0.29, 0.717) is 16.7 Å². The van der Waals surface area contributed by atoms with E-state index in [1.165, 1.54) is 49.9 Å². The lowest BCUT2D eigenvalue weighted by Crippen LogP contribution is -2.47. The van der Waals surface area contributed by atoms with Crippen LogP contribution in [0.2, 0.25) is 0 Å². The normalized spacial score (nSPS) is 21.9. The third-order valence-electron chi connectivity index (χ3n) is 6.97. The number of nitrogens with zero attached hydrogens (tertiary/aromatic N) is 2. The van der Waals surface area contributed by atoms with Gasteiger partial charge in [-0.2, -0.15) is 0 Å². The maximum atomic E-state index is 12.1. The van der Waals surface area contributed by atoms with E-state index in [1.54, 1.807) is 6.92 Å². The summed E-state index contributed by atoms with van der Waals surface area (Å²) < 4.78 is 0. The number of Topliss-reactive ketones (excluding diaryl/α,β-unsaturated/α-hetero) is 1. The summed E-state index contributed by atoms with van der Waals surface area (Å²) in [5.74, 6) is 0.742. The average Bonchev–Trinajstić information content (AvgIpc) is 2.64. The summed E-state index contributed by atoms with van der Waals surface area (Å²) in [6.45, 7) is 19.3. The molecule has 1 aliphatic heterocycles. The molecule has 4 heteroatoms. The Morgan fingerprint density at radius 1 is 1.03 bits per heavy atom. The van der Waals surface area contributed by atoms with Crippen LogP contribution in [0.1, 0.15) is 95.5 Å². The second-order valence-electron chi connectivity index (χ2n) is 11.1. The van der Waals surface area contributed by atoms with Crippen molar-refractivity contribution in [2.75, 3.05) is 37.6 Å². The largest absolute Gasteiger partial charge is 0.369 e. The number of benzene rings is 1. The Morgan fingerprint density at radius 2 is 1.63 bits per heavy atom. The number of hydrogen-bond acceptors (Lipinski definition) is 3. The van der Waals surface area contributed by atoms with Gasteiger partial charge in [0.2, 0.25) is 0 Å². The standard InChI is InChI=1S/C26H42N2O.ClH/c1-7-8-11-27-12-14-28(15-13-27)24-16-21(20(2)29)9-10-23(24)22-17-25(3,4)19-26(5,6)18-22;/h9-10,16,22H,7-8,11-15,17-19H2,1-6H3;1H. The summed E-state index contributed by atoms with van der Waals surface area (Å²) in [6.07, 6.45) is 6.31. The van der Waals surface area contributed by atoms with Crippen LogP contribution in [0.15, 0.2) is 18.2 Å². The number of ketones is 1. The molecule has 1 aromatic rings. The van der Waals surface area contributed by atoms with Crippen molar-refractivity contribution in [3.8, 4) is 0 Å². The highest BCUT2D eigenvalue weighted by atomic mass is 35.5. The molecule has 1 aliphatic carbocycles. The van der Waals surface area contributed by atoms with E-state index in [0.717, 1.165) is 31.7 Å². The highest BCUT2D eigenvalue weighted by molar-refractivity contribution is 5.95. The van der Waals surface area contributed by atoms with Crippen LogP contribution in [-0.2, 0) is 0 Å². The second-order valence-corrected chi connectivity index (χ2v) is 11.1. The average molecular weight is 435 g/mol. The van der Waals surface area contributed by atoms with Crippen LogP contribution in [0.25, 0.3) is 0 Å². The summed E-state index contributed by atoms with van der Waals surface area (Å²) in [5, 5.41) is 0. The zero-order valence-electron chi connectivity index (χ0n) is 20.1. The SMILES string of the molecule is CCCCN1CCN(c2cc(C(C)=O)ccc2C2CC(C)(C)CC(C)(C)C2)CC1.Cl. The first-order chi connectivity index (χ1) is 13.6. The monoisotopic (exact) mass is 434 g/mol. The Labute approximate surface area is 191 Å². The van der Waals surface area contributed by atoms with E-state index >= 15 is 0 Å². The fraction of sp³-hybridized carbons (Fsp3) is 0.731. The lowest BCUT2D eigenvalue weighted by molar-refractivity contribution is 0.0967. The van der Waals surface area contributed by atoms with E-state index in [2.05, 4.69) is 62.6 Å². The summed E-state index contributed by atoms with van der Waals surface area (Å²) >= 11 is 0. The van der Waals surface area contributed by atoms with Gasteiger partial charge in [0.1, 0.15) is 0 Å². The smallest absolute Gasteiger partial charge is 0.159 e. The van der Waals surface area contributed by atoms with Crippen LogP contribution in [0.3, 0.4) is 0 Å². The molecule has 1 heterocycles. The van der Waals surface area contributed by atoms with Gasteiger partial charge in [0.15, 0.2) is 5.78 Å². The topological polar surface area (TPSA) is 23.6 Å². The maximum Gasteiger partial charge on any atom is 0.159 e. The van der Waals surface area contributed by atoms with Gasteiger partial charge in [-0.15, -0.1) is 12.4 Å². The fourth-order valence-corrected chi connectivity index (χ4v) is 6.04.